The van der Waals surface area contributed by atoms with E-state index < -0.39 is 0 Å². The van der Waals surface area contributed by atoms with Crippen LogP contribution in [-0.2, 0) is 0 Å². The van der Waals surface area contributed by atoms with E-state index in [4.69, 9.17) is 5.73 Å². The summed E-state index contributed by atoms with van der Waals surface area (Å²) in [5, 5.41) is 10.8. The van der Waals surface area contributed by atoms with Crippen LogP contribution in [0.15, 0.2) is 24.3 Å². The predicted molar refractivity (Wildman–Crippen MR) is 81.9 cm³/mol. The average Bonchev–Trinajstić information content (AvgIpc) is 2.84. The van der Waals surface area contributed by atoms with Crippen LogP contribution in [0.1, 0.15) is 23.0 Å². The van der Waals surface area contributed by atoms with Gasteiger partial charge in [-0.2, -0.15) is 0 Å². The summed E-state index contributed by atoms with van der Waals surface area (Å²) in [6, 6.07) is 7.61. The van der Waals surface area contributed by atoms with E-state index in [1.807, 2.05) is 36.1 Å². The highest BCUT2D eigenvalue weighted by Crippen LogP contribution is 2.29. The topological polar surface area (TPSA) is 66.6 Å². The molecule has 0 spiro atoms. The number of thiophene rings is 1. The molecule has 1 amide bonds. The molecule has 4 nitrogen and oxygen atoms in total. The van der Waals surface area contributed by atoms with E-state index in [9.17, 15) is 9.90 Å². The molecule has 2 aromatic rings. The molecule has 0 bridgehead atoms. The van der Waals surface area contributed by atoms with Crippen LogP contribution in [0.25, 0.3) is 10.1 Å². The maximum atomic E-state index is 12.5. The fourth-order valence-corrected chi connectivity index (χ4v) is 3.65. The van der Waals surface area contributed by atoms with Gasteiger partial charge in [-0.15, -0.1) is 11.3 Å². The van der Waals surface area contributed by atoms with E-state index in [-0.39, 0.29) is 17.9 Å². The summed E-state index contributed by atoms with van der Waals surface area (Å²) in [7, 11) is 0. The summed E-state index contributed by atoms with van der Waals surface area (Å²) >= 11 is 1.50. The van der Waals surface area contributed by atoms with Gasteiger partial charge >= 0.3 is 0 Å². The van der Waals surface area contributed by atoms with Gasteiger partial charge < -0.3 is 15.7 Å². The van der Waals surface area contributed by atoms with E-state index in [1.54, 1.807) is 0 Å². The number of nitrogen functional groups attached to an aromatic ring is 1. The minimum atomic E-state index is -0.291. The zero-order valence-corrected chi connectivity index (χ0v) is 12.2. The number of benzene rings is 1. The first-order valence-corrected chi connectivity index (χ1v) is 7.62. The zero-order chi connectivity index (χ0) is 14.3. The predicted octanol–water partition coefficient (Wildman–Crippen LogP) is 2.33. The number of aliphatic hydroxyl groups is 1. The van der Waals surface area contributed by atoms with Crippen molar-refractivity contribution in [3.05, 3.63) is 29.1 Å². The molecule has 1 aromatic heterocycles. The molecule has 1 saturated heterocycles. The number of fused-ring (bicyclic) bond motifs is 1. The standard InChI is InChI=1S/C15H18N2O2S/c1-9-8-17(5-4-12(9)18)15(19)14-7-10-6-11(16)2-3-13(10)20-14/h2-3,6-7,9,12,18H,4-5,8,16H2,1H3. The molecule has 2 atom stereocenters. The molecule has 1 fully saturated rings. The monoisotopic (exact) mass is 290 g/mol. The number of aliphatic hydroxyl groups excluding tert-OH is 1. The van der Waals surface area contributed by atoms with Crippen LogP contribution in [0.5, 0.6) is 0 Å². The molecular weight excluding hydrogens is 272 g/mol. The first-order chi connectivity index (χ1) is 9.54. The quantitative estimate of drug-likeness (QED) is 0.792. The highest BCUT2D eigenvalue weighted by atomic mass is 32.1. The summed E-state index contributed by atoms with van der Waals surface area (Å²) in [4.78, 5) is 15.1. The minimum Gasteiger partial charge on any atom is -0.399 e. The van der Waals surface area contributed by atoms with Crippen molar-refractivity contribution in [1.29, 1.82) is 0 Å². The van der Waals surface area contributed by atoms with Gasteiger partial charge in [-0.1, -0.05) is 6.92 Å². The van der Waals surface area contributed by atoms with Crippen LogP contribution in [0, 0.1) is 5.92 Å². The number of carbonyl (C=O) groups is 1. The first-order valence-electron chi connectivity index (χ1n) is 6.81. The van der Waals surface area contributed by atoms with Crippen LogP contribution < -0.4 is 5.73 Å². The Morgan fingerprint density at radius 2 is 2.25 bits per heavy atom. The van der Waals surface area contributed by atoms with E-state index in [1.165, 1.54) is 11.3 Å². The number of nitrogens with zero attached hydrogens (tertiary/aromatic N) is 1. The molecule has 106 valence electrons. The number of rotatable bonds is 1. The third kappa shape index (κ3) is 2.39. The smallest absolute Gasteiger partial charge is 0.263 e. The molecule has 5 heteroatoms. The molecule has 20 heavy (non-hydrogen) atoms. The van der Waals surface area contributed by atoms with Gasteiger partial charge in [0.05, 0.1) is 11.0 Å². The first kappa shape index (κ1) is 13.4. The highest BCUT2D eigenvalue weighted by molar-refractivity contribution is 7.20. The third-order valence-corrected chi connectivity index (χ3v) is 5.00. The van der Waals surface area contributed by atoms with Gasteiger partial charge in [-0.25, -0.2) is 0 Å². The van der Waals surface area contributed by atoms with Crippen molar-refractivity contribution in [3.63, 3.8) is 0 Å². The highest BCUT2D eigenvalue weighted by Gasteiger charge is 2.28. The molecule has 3 rings (SSSR count). The summed E-state index contributed by atoms with van der Waals surface area (Å²) in [5.41, 5.74) is 6.48. The number of carbonyl (C=O) groups excluding carboxylic acids is 1. The lowest BCUT2D eigenvalue weighted by atomic mass is 9.96. The normalized spacial score (nSPS) is 23.2. The Balaban J connectivity index is 1.85. The van der Waals surface area contributed by atoms with Gasteiger partial charge in [-0.05, 0) is 42.0 Å². The Morgan fingerprint density at radius 1 is 1.45 bits per heavy atom. The number of hydrogen-bond donors (Lipinski definition) is 2. The van der Waals surface area contributed by atoms with E-state index in [2.05, 4.69) is 0 Å². The molecule has 0 saturated carbocycles. The lowest BCUT2D eigenvalue weighted by Crippen LogP contribution is -2.44. The Hall–Kier alpha value is -1.59. The van der Waals surface area contributed by atoms with Crippen molar-refractivity contribution >= 4 is 33.0 Å². The van der Waals surface area contributed by atoms with Crippen molar-refractivity contribution in [2.45, 2.75) is 19.4 Å². The number of nitrogens with two attached hydrogens (primary N) is 1. The van der Waals surface area contributed by atoms with Crippen LogP contribution >= 0.6 is 11.3 Å². The molecule has 2 heterocycles. The number of likely N-dealkylation sites (tertiary alicyclic amines) is 1. The fourth-order valence-electron chi connectivity index (χ4n) is 2.64. The molecule has 0 radical (unpaired) electrons. The van der Waals surface area contributed by atoms with Gasteiger partial charge in [0.25, 0.3) is 5.91 Å². The molecular formula is C15H18N2O2S. The maximum absolute atomic E-state index is 12.5. The van der Waals surface area contributed by atoms with E-state index >= 15 is 0 Å². The number of amides is 1. The molecule has 2 unspecified atom stereocenters. The van der Waals surface area contributed by atoms with Crippen molar-refractivity contribution < 1.29 is 9.90 Å². The van der Waals surface area contributed by atoms with Crippen molar-refractivity contribution in [2.75, 3.05) is 18.8 Å². The zero-order valence-electron chi connectivity index (χ0n) is 11.4. The second kappa shape index (κ2) is 5.07. The number of hydrogen-bond acceptors (Lipinski definition) is 4. The molecule has 1 aromatic carbocycles. The number of anilines is 1. The molecule has 3 N–H and O–H groups in total. The third-order valence-electron chi connectivity index (χ3n) is 3.90. The maximum Gasteiger partial charge on any atom is 0.263 e. The molecule has 1 aliphatic rings. The minimum absolute atomic E-state index is 0.0588. The van der Waals surface area contributed by atoms with Gasteiger partial charge in [0, 0.05) is 23.5 Å². The van der Waals surface area contributed by atoms with Crippen molar-refractivity contribution in [2.24, 2.45) is 5.92 Å². The van der Waals surface area contributed by atoms with Crippen LogP contribution in [-0.4, -0.2) is 35.1 Å². The van der Waals surface area contributed by atoms with Gasteiger partial charge in [-0.3, -0.25) is 4.79 Å². The van der Waals surface area contributed by atoms with Gasteiger partial charge in [0.15, 0.2) is 0 Å². The van der Waals surface area contributed by atoms with Crippen LogP contribution in [0.4, 0.5) is 5.69 Å². The Morgan fingerprint density at radius 3 is 3.00 bits per heavy atom. The van der Waals surface area contributed by atoms with Gasteiger partial charge in [0.1, 0.15) is 0 Å². The lowest BCUT2D eigenvalue weighted by Gasteiger charge is -2.34. The van der Waals surface area contributed by atoms with Crippen LogP contribution in [0.3, 0.4) is 0 Å². The van der Waals surface area contributed by atoms with Gasteiger partial charge in [0.2, 0.25) is 0 Å². The Bertz CT molecular complexity index is 652. The Labute approximate surface area is 121 Å². The molecule has 0 aliphatic carbocycles. The number of piperidine rings is 1. The fraction of sp³-hybridized carbons (Fsp3) is 0.400. The summed E-state index contributed by atoms with van der Waals surface area (Å²) < 4.78 is 1.08. The molecule has 1 aliphatic heterocycles. The summed E-state index contributed by atoms with van der Waals surface area (Å²) in [6.07, 6.45) is 0.367. The largest absolute Gasteiger partial charge is 0.399 e. The SMILES string of the molecule is CC1CN(C(=O)c2cc3cc(N)ccc3s2)CCC1O. The average molecular weight is 290 g/mol. The second-order valence-electron chi connectivity index (χ2n) is 5.49. The lowest BCUT2D eigenvalue weighted by molar-refractivity contribution is 0.0300. The van der Waals surface area contributed by atoms with E-state index in [0.29, 0.717) is 25.2 Å². The Kier molecular flexibility index (Phi) is 3.40. The van der Waals surface area contributed by atoms with Crippen molar-refractivity contribution in [3.8, 4) is 0 Å². The van der Waals surface area contributed by atoms with E-state index in [0.717, 1.165) is 15.0 Å². The second-order valence-corrected chi connectivity index (χ2v) is 6.58. The van der Waals surface area contributed by atoms with Crippen LogP contribution in [0.2, 0.25) is 0 Å². The summed E-state index contributed by atoms with van der Waals surface area (Å²) in [6.45, 7) is 3.23. The summed E-state index contributed by atoms with van der Waals surface area (Å²) in [5.74, 6) is 0.196. The van der Waals surface area contributed by atoms with Crippen molar-refractivity contribution in [1.82, 2.24) is 4.90 Å².